The molecule has 3 rings (SSSR count). The third kappa shape index (κ3) is 1.73. The molecule has 8 nitrogen and oxygen atoms in total. The Morgan fingerprint density at radius 1 is 1.30 bits per heavy atom. The Morgan fingerprint density at radius 3 is 2.70 bits per heavy atom. The summed E-state index contributed by atoms with van der Waals surface area (Å²) < 4.78 is 9.36. The average Bonchev–Trinajstić information content (AvgIpc) is 2.88. The predicted octanol–water partition coefficient (Wildman–Crippen LogP) is -1.12. The van der Waals surface area contributed by atoms with E-state index >= 15 is 0 Å². The molecule has 0 aliphatic carbocycles. The Labute approximate surface area is 113 Å². The molecule has 2 aromatic rings. The van der Waals surface area contributed by atoms with E-state index in [1.54, 1.807) is 23.8 Å². The van der Waals surface area contributed by atoms with Gasteiger partial charge in [-0.3, -0.25) is 18.5 Å². The Hall–Kier alpha value is -2.19. The molecule has 0 fully saturated rings. The Morgan fingerprint density at radius 2 is 2.05 bits per heavy atom. The lowest BCUT2D eigenvalue weighted by molar-refractivity contribution is -0.0163. The fourth-order valence-electron chi connectivity index (χ4n) is 2.26. The van der Waals surface area contributed by atoms with E-state index in [9.17, 15) is 14.7 Å². The second-order valence-electron chi connectivity index (χ2n) is 4.71. The fraction of sp³-hybridized carbons (Fsp3) is 0.417. The van der Waals surface area contributed by atoms with Crippen LogP contribution in [0.2, 0.25) is 0 Å². The van der Waals surface area contributed by atoms with Gasteiger partial charge in [-0.2, -0.15) is 0 Å². The van der Waals surface area contributed by atoms with Gasteiger partial charge in [-0.05, 0) is 6.08 Å². The molecule has 20 heavy (non-hydrogen) atoms. The minimum atomic E-state index is -0.645. The topological polar surface area (TPSA) is 91.3 Å². The summed E-state index contributed by atoms with van der Waals surface area (Å²) in [6.07, 6.45) is 3.55. The van der Waals surface area contributed by atoms with E-state index in [-0.39, 0.29) is 6.61 Å². The molecule has 0 aromatic carbocycles. The molecule has 1 N–H and O–H groups in total. The van der Waals surface area contributed by atoms with Crippen molar-refractivity contribution < 1.29 is 9.84 Å². The zero-order valence-electron chi connectivity index (χ0n) is 11.1. The zero-order valence-corrected chi connectivity index (χ0v) is 11.1. The molecular formula is C12H14N4O4. The normalized spacial score (nSPS) is 22.6. The molecule has 0 amide bonds. The van der Waals surface area contributed by atoms with Crippen molar-refractivity contribution in [3.8, 4) is 0 Å². The summed E-state index contributed by atoms with van der Waals surface area (Å²) in [7, 11) is 2.98. The number of hydrogen-bond acceptors (Lipinski definition) is 5. The lowest BCUT2D eigenvalue weighted by Gasteiger charge is -2.22. The Balaban J connectivity index is 2.27. The first kappa shape index (κ1) is 12.8. The molecule has 0 saturated heterocycles. The summed E-state index contributed by atoms with van der Waals surface area (Å²) in [6.45, 7) is 0.146. The summed E-state index contributed by atoms with van der Waals surface area (Å²) in [5.74, 6) is 0. The second kappa shape index (κ2) is 4.43. The largest absolute Gasteiger partial charge is 0.387 e. The van der Waals surface area contributed by atoms with Crippen LogP contribution in [0.5, 0.6) is 0 Å². The number of imidazole rings is 1. The van der Waals surface area contributed by atoms with Gasteiger partial charge in [0.25, 0.3) is 5.56 Å². The van der Waals surface area contributed by atoms with Gasteiger partial charge in [-0.1, -0.05) is 6.08 Å². The maximum atomic E-state index is 12.2. The first-order valence-electron chi connectivity index (χ1n) is 6.11. The highest BCUT2D eigenvalue weighted by atomic mass is 16.5. The van der Waals surface area contributed by atoms with Crippen molar-refractivity contribution in [3.05, 3.63) is 39.3 Å². The fourth-order valence-corrected chi connectivity index (χ4v) is 2.26. The molecule has 2 aromatic heterocycles. The molecule has 1 aliphatic heterocycles. The Bertz CT molecular complexity index is 813. The smallest absolute Gasteiger partial charge is 0.332 e. The van der Waals surface area contributed by atoms with Gasteiger partial charge in [-0.25, -0.2) is 9.78 Å². The van der Waals surface area contributed by atoms with E-state index in [1.807, 2.05) is 0 Å². The van der Waals surface area contributed by atoms with Crippen LogP contribution in [0, 0.1) is 0 Å². The summed E-state index contributed by atoms with van der Waals surface area (Å²) in [5, 5.41) is 9.37. The highest BCUT2D eigenvalue weighted by molar-refractivity contribution is 5.70. The van der Waals surface area contributed by atoms with Crippen LogP contribution in [0.3, 0.4) is 0 Å². The van der Waals surface area contributed by atoms with Crippen molar-refractivity contribution in [2.45, 2.75) is 12.3 Å². The number of rotatable bonds is 1. The van der Waals surface area contributed by atoms with E-state index in [0.29, 0.717) is 11.2 Å². The molecule has 0 bridgehead atoms. The second-order valence-corrected chi connectivity index (χ2v) is 4.71. The number of aliphatic hydroxyl groups excluding tert-OH is 1. The van der Waals surface area contributed by atoms with Gasteiger partial charge in [-0.15, -0.1) is 0 Å². The first-order chi connectivity index (χ1) is 9.50. The number of aryl methyl sites for hydroxylation is 1. The monoisotopic (exact) mass is 278 g/mol. The number of aromatic nitrogens is 4. The van der Waals surface area contributed by atoms with Crippen molar-refractivity contribution in [2.24, 2.45) is 14.1 Å². The highest BCUT2D eigenvalue weighted by Crippen LogP contribution is 2.19. The quantitative estimate of drug-likeness (QED) is 0.667. The molecule has 0 saturated carbocycles. The molecule has 0 radical (unpaired) electrons. The molecular weight excluding hydrogens is 264 g/mol. The number of hydrogen-bond donors (Lipinski definition) is 1. The van der Waals surface area contributed by atoms with Crippen LogP contribution < -0.4 is 11.2 Å². The summed E-state index contributed by atoms with van der Waals surface area (Å²) in [6, 6.07) is 0. The molecule has 0 spiro atoms. The van der Waals surface area contributed by atoms with Crippen molar-refractivity contribution in [2.75, 3.05) is 6.61 Å². The minimum Gasteiger partial charge on any atom is -0.387 e. The van der Waals surface area contributed by atoms with Crippen LogP contribution in [-0.2, 0) is 18.8 Å². The van der Waals surface area contributed by atoms with Gasteiger partial charge in [0, 0.05) is 14.1 Å². The SMILES string of the molecule is Cn1c(=O)c2c(ncn2[C@@H]2C=C[C@@H](O)CO2)n(C)c1=O. The first-order valence-corrected chi connectivity index (χ1v) is 6.11. The molecule has 0 unspecified atom stereocenters. The highest BCUT2D eigenvalue weighted by Gasteiger charge is 2.21. The van der Waals surface area contributed by atoms with Gasteiger partial charge in [0.1, 0.15) is 6.33 Å². The summed E-state index contributed by atoms with van der Waals surface area (Å²) >= 11 is 0. The zero-order chi connectivity index (χ0) is 14.4. The number of nitrogens with zero attached hydrogens (tertiary/aromatic N) is 4. The molecule has 1 aliphatic rings. The molecule has 106 valence electrons. The van der Waals surface area contributed by atoms with Crippen molar-refractivity contribution in [1.29, 1.82) is 0 Å². The van der Waals surface area contributed by atoms with Crippen LogP contribution >= 0.6 is 0 Å². The van der Waals surface area contributed by atoms with E-state index in [4.69, 9.17) is 4.74 Å². The van der Waals surface area contributed by atoms with Gasteiger partial charge >= 0.3 is 5.69 Å². The third-order valence-electron chi connectivity index (χ3n) is 3.38. The standard InChI is InChI=1S/C12H14N4O4/c1-14-10-9(11(18)15(2)12(14)19)16(6-13-10)8-4-3-7(17)5-20-8/h3-4,6-8,17H,5H2,1-2H3/t7-,8+/m1/s1. The molecule has 2 atom stereocenters. The lowest BCUT2D eigenvalue weighted by atomic mass is 10.2. The predicted molar refractivity (Wildman–Crippen MR) is 70.4 cm³/mol. The van der Waals surface area contributed by atoms with Crippen molar-refractivity contribution >= 4 is 11.2 Å². The number of ether oxygens (including phenoxy) is 1. The van der Waals surface area contributed by atoms with Crippen LogP contribution in [-0.4, -0.2) is 36.5 Å². The summed E-state index contributed by atoms with van der Waals surface area (Å²) in [5.41, 5.74) is -0.256. The summed E-state index contributed by atoms with van der Waals surface area (Å²) in [4.78, 5) is 28.2. The van der Waals surface area contributed by atoms with E-state index in [1.165, 1.54) is 17.9 Å². The van der Waals surface area contributed by atoms with Crippen LogP contribution in [0.15, 0.2) is 28.1 Å². The minimum absolute atomic E-state index is 0.146. The number of aliphatic hydroxyl groups is 1. The van der Waals surface area contributed by atoms with Gasteiger partial charge in [0.05, 0.1) is 12.7 Å². The van der Waals surface area contributed by atoms with Crippen LogP contribution in [0.1, 0.15) is 6.23 Å². The maximum absolute atomic E-state index is 12.2. The average molecular weight is 278 g/mol. The van der Waals surface area contributed by atoms with Gasteiger partial charge in [0.2, 0.25) is 0 Å². The van der Waals surface area contributed by atoms with Gasteiger partial charge in [0.15, 0.2) is 17.4 Å². The molecule has 3 heterocycles. The van der Waals surface area contributed by atoms with Crippen LogP contribution in [0.4, 0.5) is 0 Å². The van der Waals surface area contributed by atoms with Crippen molar-refractivity contribution in [3.63, 3.8) is 0 Å². The van der Waals surface area contributed by atoms with Crippen LogP contribution in [0.25, 0.3) is 11.2 Å². The maximum Gasteiger partial charge on any atom is 0.332 e. The van der Waals surface area contributed by atoms with Gasteiger partial charge < -0.3 is 9.84 Å². The molecule has 8 heteroatoms. The van der Waals surface area contributed by atoms with E-state index in [2.05, 4.69) is 4.98 Å². The van der Waals surface area contributed by atoms with E-state index in [0.717, 1.165) is 4.57 Å². The third-order valence-corrected chi connectivity index (χ3v) is 3.38. The van der Waals surface area contributed by atoms with Crippen molar-refractivity contribution in [1.82, 2.24) is 18.7 Å². The van der Waals surface area contributed by atoms with E-state index < -0.39 is 23.6 Å². The lowest BCUT2D eigenvalue weighted by Crippen LogP contribution is -2.38. The number of fused-ring (bicyclic) bond motifs is 1. The Kier molecular flexibility index (Phi) is 2.84.